The zero-order chi connectivity index (χ0) is 13.2. The van der Waals surface area contributed by atoms with Gasteiger partial charge < -0.3 is 0 Å². The van der Waals surface area contributed by atoms with Gasteiger partial charge in [-0.1, -0.05) is 49.1 Å². The molecular weight excluding hydrogens is 256 g/mol. The van der Waals surface area contributed by atoms with Crippen molar-refractivity contribution in [3.8, 4) is 0 Å². The van der Waals surface area contributed by atoms with Crippen molar-refractivity contribution >= 4 is 25.0 Å². The minimum absolute atomic E-state index is 1.01. The molecule has 2 nitrogen and oxygen atoms in total. The first-order valence-corrected chi connectivity index (χ1v) is 10.6. The van der Waals surface area contributed by atoms with Gasteiger partial charge in [-0.05, 0) is 5.56 Å². The van der Waals surface area contributed by atoms with Crippen LogP contribution in [0.5, 0.6) is 0 Å². The molecule has 1 heterocycles. The highest BCUT2D eigenvalue weighted by molar-refractivity contribution is 7.98. The van der Waals surface area contributed by atoms with Crippen LogP contribution in [0.3, 0.4) is 0 Å². The van der Waals surface area contributed by atoms with Crippen molar-refractivity contribution in [3.05, 3.63) is 42.2 Å². The lowest BCUT2D eigenvalue weighted by molar-refractivity contribution is 0.766. The van der Waals surface area contributed by atoms with Gasteiger partial charge in [0, 0.05) is 23.9 Å². The van der Waals surface area contributed by atoms with Crippen molar-refractivity contribution in [1.82, 2.24) is 9.78 Å². The van der Waals surface area contributed by atoms with E-state index in [0.717, 1.165) is 5.75 Å². The number of benzene rings is 1. The maximum atomic E-state index is 4.18. The summed E-state index contributed by atoms with van der Waals surface area (Å²) in [6.45, 7) is 7.14. The van der Waals surface area contributed by atoms with E-state index < -0.39 is 8.07 Å². The summed E-state index contributed by atoms with van der Waals surface area (Å²) in [6, 6.07) is 9.12. The van der Waals surface area contributed by atoms with E-state index in [1.54, 1.807) is 0 Å². The summed E-state index contributed by atoms with van der Waals surface area (Å²) in [5.41, 5.74) is 1.38. The molecule has 0 aliphatic carbocycles. The van der Waals surface area contributed by atoms with Crippen LogP contribution >= 0.6 is 11.8 Å². The first-order valence-electron chi connectivity index (χ1n) is 6.16. The second kappa shape index (κ2) is 5.32. The monoisotopic (exact) mass is 276 g/mol. The average Bonchev–Trinajstić information content (AvgIpc) is 2.72. The minimum Gasteiger partial charge on any atom is -0.275 e. The molecular formula is C14H20N2SSi. The van der Waals surface area contributed by atoms with Crippen LogP contribution in [0.1, 0.15) is 5.56 Å². The first kappa shape index (κ1) is 13.4. The summed E-state index contributed by atoms with van der Waals surface area (Å²) in [7, 11) is 0.791. The molecule has 0 saturated carbocycles. The van der Waals surface area contributed by atoms with E-state index in [9.17, 15) is 0 Å². The predicted octanol–water partition coefficient (Wildman–Crippen LogP) is 3.26. The van der Waals surface area contributed by atoms with E-state index in [0.29, 0.717) is 0 Å². The molecule has 0 radical (unpaired) electrons. The first-order chi connectivity index (χ1) is 8.45. The van der Waals surface area contributed by atoms with Gasteiger partial charge in [-0.2, -0.15) is 5.10 Å². The molecule has 0 saturated heterocycles. The molecule has 18 heavy (non-hydrogen) atoms. The van der Waals surface area contributed by atoms with E-state index in [-0.39, 0.29) is 0 Å². The molecule has 1 aromatic carbocycles. The van der Waals surface area contributed by atoms with Crippen LogP contribution in [0.15, 0.2) is 41.6 Å². The van der Waals surface area contributed by atoms with Crippen LogP contribution in [-0.4, -0.2) is 17.9 Å². The Kier molecular flexibility index (Phi) is 3.97. The minimum atomic E-state index is -1.16. The van der Waals surface area contributed by atoms with Crippen molar-refractivity contribution in [3.63, 3.8) is 0 Å². The summed E-state index contributed by atoms with van der Waals surface area (Å²) in [5.74, 6) is 1.01. The number of hydrogen-bond donors (Lipinski definition) is 0. The van der Waals surface area contributed by atoms with Crippen LogP contribution in [0.4, 0.5) is 0 Å². The maximum absolute atomic E-state index is 4.18. The van der Waals surface area contributed by atoms with Gasteiger partial charge >= 0.3 is 0 Å². The lowest BCUT2D eigenvalue weighted by Crippen LogP contribution is -2.37. The highest BCUT2D eigenvalue weighted by atomic mass is 32.2. The molecule has 2 rings (SSSR count). The molecule has 0 unspecified atom stereocenters. The lowest BCUT2D eigenvalue weighted by Gasteiger charge is -2.16. The van der Waals surface area contributed by atoms with Crippen LogP contribution in [-0.2, 0) is 12.8 Å². The maximum Gasteiger partial charge on any atom is 0.0775 e. The highest BCUT2D eigenvalue weighted by Gasteiger charge is 2.15. The summed E-state index contributed by atoms with van der Waals surface area (Å²) in [4.78, 5) is 1.23. The summed E-state index contributed by atoms with van der Waals surface area (Å²) in [6.07, 6.45) is 3.97. The van der Waals surface area contributed by atoms with Crippen molar-refractivity contribution in [2.24, 2.45) is 7.05 Å². The zero-order valence-corrected chi connectivity index (χ0v) is 13.3. The van der Waals surface area contributed by atoms with E-state index in [1.165, 1.54) is 15.6 Å². The number of aromatic nitrogens is 2. The quantitative estimate of drug-likeness (QED) is 0.630. The number of hydrogen-bond acceptors (Lipinski definition) is 2. The second-order valence-electron chi connectivity index (χ2n) is 5.59. The van der Waals surface area contributed by atoms with E-state index in [1.807, 2.05) is 29.7 Å². The topological polar surface area (TPSA) is 17.8 Å². The third kappa shape index (κ3) is 3.49. The molecule has 0 spiro atoms. The molecule has 2 aromatic rings. The van der Waals surface area contributed by atoms with Crippen molar-refractivity contribution in [2.45, 2.75) is 30.3 Å². The zero-order valence-electron chi connectivity index (χ0n) is 11.5. The third-order valence-corrected chi connectivity index (χ3v) is 5.99. The molecule has 0 aliphatic rings. The fourth-order valence-electron chi connectivity index (χ4n) is 1.74. The summed E-state index contributed by atoms with van der Waals surface area (Å²) >= 11 is 1.84. The molecule has 0 amide bonds. The molecule has 4 heteroatoms. The molecule has 1 aromatic heterocycles. The smallest absolute Gasteiger partial charge is 0.0775 e. The number of aryl methyl sites for hydroxylation is 1. The average molecular weight is 276 g/mol. The van der Waals surface area contributed by atoms with E-state index in [4.69, 9.17) is 0 Å². The Morgan fingerprint density at radius 2 is 1.83 bits per heavy atom. The molecule has 96 valence electrons. The number of rotatable bonds is 4. The third-order valence-electron chi connectivity index (χ3n) is 2.91. The number of thioether (sulfide) groups is 1. The van der Waals surface area contributed by atoms with Crippen molar-refractivity contribution in [1.29, 1.82) is 0 Å². The molecule has 0 atom stereocenters. The van der Waals surface area contributed by atoms with Gasteiger partial charge in [0.25, 0.3) is 0 Å². The van der Waals surface area contributed by atoms with Gasteiger partial charge in [-0.15, -0.1) is 11.8 Å². The van der Waals surface area contributed by atoms with Crippen molar-refractivity contribution in [2.75, 3.05) is 0 Å². The molecule has 0 aliphatic heterocycles. The van der Waals surface area contributed by atoms with E-state index >= 15 is 0 Å². The van der Waals surface area contributed by atoms with Gasteiger partial charge in [0.05, 0.1) is 14.3 Å². The predicted molar refractivity (Wildman–Crippen MR) is 82.2 cm³/mol. The Hall–Kier alpha value is -1.00. The van der Waals surface area contributed by atoms with Gasteiger partial charge in [-0.3, -0.25) is 4.68 Å². The van der Waals surface area contributed by atoms with Gasteiger partial charge in [0.1, 0.15) is 0 Å². The van der Waals surface area contributed by atoms with Gasteiger partial charge in [-0.25, -0.2) is 0 Å². The molecule has 0 N–H and O–H groups in total. The SMILES string of the molecule is Cn1cc(SCc2ccc([Si](C)(C)C)cc2)cn1. The largest absolute Gasteiger partial charge is 0.275 e. The number of nitrogens with zero attached hydrogens (tertiary/aromatic N) is 2. The second-order valence-corrected chi connectivity index (χ2v) is 11.7. The standard InChI is InChI=1S/C14H20N2SSi/c1-16-10-13(9-15-16)17-11-12-5-7-14(8-6-12)18(2,3)4/h5-10H,11H2,1-4H3. The Morgan fingerprint density at radius 1 is 1.17 bits per heavy atom. The Balaban J connectivity index is 1.98. The Morgan fingerprint density at radius 3 is 2.33 bits per heavy atom. The normalized spacial score (nSPS) is 11.8. The van der Waals surface area contributed by atoms with Crippen LogP contribution in [0.2, 0.25) is 19.6 Å². The van der Waals surface area contributed by atoms with Gasteiger partial charge in [0.15, 0.2) is 0 Å². The van der Waals surface area contributed by atoms with Crippen LogP contribution in [0.25, 0.3) is 0 Å². The van der Waals surface area contributed by atoms with E-state index in [2.05, 4.69) is 55.2 Å². The summed E-state index contributed by atoms with van der Waals surface area (Å²) < 4.78 is 1.84. The van der Waals surface area contributed by atoms with Crippen molar-refractivity contribution < 1.29 is 0 Å². The van der Waals surface area contributed by atoms with Crippen LogP contribution < -0.4 is 5.19 Å². The molecule has 0 fully saturated rings. The summed E-state index contributed by atoms with van der Waals surface area (Å²) in [5, 5.41) is 5.70. The Labute approximate surface area is 114 Å². The Bertz CT molecular complexity index is 511. The van der Waals surface area contributed by atoms with Crippen LogP contribution in [0, 0.1) is 0 Å². The highest BCUT2D eigenvalue weighted by Crippen LogP contribution is 2.21. The lowest BCUT2D eigenvalue weighted by atomic mass is 10.2. The fraction of sp³-hybridized carbons (Fsp3) is 0.357. The molecule has 0 bridgehead atoms. The van der Waals surface area contributed by atoms with Gasteiger partial charge in [0.2, 0.25) is 0 Å². The fourth-order valence-corrected chi connectivity index (χ4v) is 3.78.